The van der Waals surface area contributed by atoms with Crippen molar-refractivity contribution in [1.29, 1.82) is 0 Å². The summed E-state index contributed by atoms with van der Waals surface area (Å²) in [5.74, 6) is -0.347. The Labute approximate surface area is 136 Å². The first-order valence-electron chi connectivity index (χ1n) is 7.46. The molecule has 0 atom stereocenters. The van der Waals surface area contributed by atoms with E-state index >= 15 is 0 Å². The van der Waals surface area contributed by atoms with E-state index in [1.165, 1.54) is 4.31 Å². The molecule has 0 unspecified atom stereocenters. The van der Waals surface area contributed by atoms with Crippen LogP contribution in [0.4, 0.5) is 0 Å². The summed E-state index contributed by atoms with van der Waals surface area (Å²) in [7, 11) is -3.28. The van der Waals surface area contributed by atoms with E-state index < -0.39 is 10.0 Å². The summed E-state index contributed by atoms with van der Waals surface area (Å²) >= 11 is 5.89. The topological polar surface area (TPSA) is 66.5 Å². The molecule has 1 aliphatic rings. The van der Waals surface area contributed by atoms with Gasteiger partial charge in [-0.1, -0.05) is 23.7 Å². The van der Waals surface area contributed by atoms with Crippen molar-refractivity contribution < 1.29 is 13.2 Å². The molecule has 122 valence electrons. The van der Waals surface area contributed by atoms with E-state index in [1.54, 1.807) is 6.07 Å². The fourth-order valence-electron chi connectivity index (χ4n) is 2.44. The van der Waals surface area contributed by atoms with Gasteiger partial charge in [-0.2, -0.15) is 0 Å². The third kappa shape index (κ3) is 5.26. The monoisotopic (exact) mass is 344 g/mol. The molecule has 1 heterocycles. The fraction of sp³-hybridized carbons (Fsp3) is 0.533. The molecular formula is C15H21ClN2O3S. The summed E-state index contributed by atoms with van der Waals surface area (Å²) in [6.45, 7) is 1.64. The Morgan fingerprint density at radius 1 is 1.27 bits per heavy atom. The van der Waals surface area contributed by atoms with Gasteiger partial charge in [0.2, 0.25) is 15.9 Å². The van der Waals surface area contributed by atoms with Crippen molar-refractivity contribution in [2.75, 3.05) is 25.4 Å². The highest BCUT2D eigenvalue weighted by molar-refractivity contribution is 7.89. The first kappa shape index (κ1) is 17.2. The van der Waals surface area contributed by atoms with Crippen molar-refractivity contribution in [1.82, 2.24) is 9.62 Å². The van der Waals surface area contributed by atoms with E-state index in [4.69, 9.17) is 11.6 Å². The highest BCUT2D eigenvalue weighted by atomic mass is 35.5. The van der Waals surface area contributed by atoms with Crippen molar-refractivity contribution >= 4 is 27.5 Å². The van der Waals surface area contributed by atoms with Crippen molar-refractivity contribution in [3.8, 4) is 0 Å². The number of nitrogens with zero attached hydrogens (tertiary/aromatic N) is 1. The highest BCUT2D eigenvalue weighted by Gasteiger charge is 2.25. The molecule has 0 radical (unpaired) electrons. The molecule has 22 heavy (non-hydrogen) atoms. The van der Waals surface area contributed by atoms with E-state index in [0.717, 1.165) is 18.4 Å². The molecule has 1 saturated heterocycles. The van der Waals surface area contributed by atoms with E-state index in [9.17, 15) is 13.2 Å². The van der Waals surface area contributed by atoms with Crippen LogP contribution < -0.4 is 5.32 Å². The van der Waals surface area contributed by atoms with Crippen LogP contribution in [-0.2, 0) is 21.2 Å². The Kier molecular flexibility index (Phi) is 6.23. The van der Waals surface area contributed by atoms with Crippen molar-refractivity contribution in [3.63, 3.8) is 0 Å². The molecule has 5 nitrogen and oxygen atoms in total. The summed E-state index contributed by atoms with van der Waals surface area (Å²) in [5, 5.41) is 3.42. The summed E-state index contributed by atoms with van der Waals surface area (Å²) in [5.41, 5.74) is 1.04. The molecule has 0 spiro atoms. The van der Waals surface area contributed by atoms with Crippen LogP contribution in [0.1, 0.15) is 24.8 Å². The molecule has 1 aliphatic heterocycles. The maximum Gasteiger partial charge on any atom is 0.221 e. The average molecular weight is 345 g/mol. The van der Waals surface area contributed by atoms with E-state index in [0.29, 0.717) is 31.1 Å². The quantitative estimate of drug-likeness (QED) is 0.820. The zero-order valence-corrected chi connectivity index (χ0v) is 14.0. The minimum atomic E-state index is -3.28. The van der Waals surface area contributed by atoms with Gasteiger partial charge in [0, 0.05) is 31.1 Å². The number of hydrogen-bond donors (Lipinski definition) is 1. The number of rotatable bonds is 7. The van der Waals surface area contributed by atoms with E-state index in [1.807, 2.05) is 18.2 Å². The van der Waals surface area contributed by atoms with Gasteiger partial charge in [0.15, 0.2) is 0 Å². The van der Waals surface area contributed by atoms with Gasteiger partial charge in [-0.3, -0.25) is 4.79 Å². The molecular weight excluding hydrogens is 324 g/mol. The molecule has 1 amide bonds. The summed E-state index contributed by atoms with van der Waals surface area (Å²) < 4.78 is 25.5. The number of sulfonamides is 1. The molecule has 0 aromatic heterocycles. The van der Waals surface area contributed by atoms with Crippen LogP contribution in [-0.4, -0.2) is 44.0 Å². The number of benzene rings is 1. The third-order valence-corrected chi connectivity index (χ3v) is 5.78. The number of carbonyl (C=O) groups excluding carboxylic acids is 1. The smallest absolute Gasteiger partial charge is 0.221 e. The predicted molar refractivity (Wildman–Crippen MR) is 87.4 cm³/mol. The molecule has 1 aromatic carbocycles. The van der Waals surface area contributed by atoms with Crippen LogP contribution in [0, 0.1) is 0 Å². The van der Waals surface area contributed by atoms with Crippen LogP contribution in [0.5, 0.6) is 0 Å². The minimum absolute atomic E-state index is 0.00831. The van der Waals surface area contributed by atoms with Crippen LogP contribution >= 0.6 is 11.6 Å². The summed E-state index contributed by atoms with van der Waals surface area (Å²) in [4.78, 5) is 11.7. The van der Waals surface area contributed by atoms with E-state index in [2.05, 4.69) is 5.32 Å². The highest BCUT2D eigenvalue weighted by Crippen LogP contribution is 2.14. The first-order chi connectivity index (χ1) is 10.5. The van der Waals surface area contributed by atoms with Crippen molar-refractivity contribution in [2.45, 2.75) is 25.7 Å². The number of hydrogen-bond acceptors (Lipinski definition) is 3. The van der Waals surface area contributed by atoms with Crippen molar-refractivity contribution in [3.05, 3.63) is 34.9 Å². The van der Waals surface area contributed by atoms with Gasteiger partial charge in [0.25, 0.3) is 0 Å². The SMILES string of the molecule is O=C(CCS(=O)(=O)N1CCCC1)NCCc1cccc(Cl)c1. The predicted octanol–water partition coefficient (Wildman–Crippen LogP) is 1.81. The second kappa shape index (κ2) is 7.94. The second-order valence-electron chi connectivity index (χ2n) is 5.40. The number of amides is 1. The number of halogens is 1. The molecule has 1 aromatic rings. The lowest BCUT2D eigenvalue weighted by Gasteiger charge is -2.15. The van der Waals surface area contributed by atoms with Crippen LogP contribution in [0.2, 0.25) is 5.02 Å². The average Bonchev–Trinajstić information content (AvgIpc) is 3.00. The van der Waals surface area contributed by atoms with Gasteiger partial charge in [-0.25, -0.2) is 12.7 Å². The van der Waals surface area contributed by atoms with Gasteiger partial charge in [-0.15, -0.1) is 0 Å². The third-order valence-electron chi connectivity index (χ3n) is 3.67. The second-order valence-corrected chi connectivity index (χ2v) is 7.93. The first-order valence-corrected chi connectivity index (χ1v) is 9.45. The van der Waals surface area contributed by atoms with Crippen LogP contribution in [0.3, 0.4) is 0 Å². The number of nitrogens with one attached hydrogen (secondary N) is 1. The summed E-state index contributed by atoms with van der Waals surface area (Å²) in [6, 6.07) is 7.45. The lowest BCUT2D eigenvalue weighted by Crippen LogP contribution is -2.33. The van der Waals surface area contributed by atoms with Gasteiger partial charge in [0.05, 0.1) is 5.75 Å². The Hall–Kier alpha value is -1.11. The standard InChI is InChI=1S/C15H21ClN2O3S/c16-14-5-3-4-13(12-14)6-8-17-15(19)7-11-22(20,21)18-9-1-2-10-18/h3-5,12H,1-2,6-11H2,(H,17,19). The molecule has 2 rings (SSSR count). The lowest BCUT2D eigenvalue weighted by molar-refractivity contribution is -0.120. The summed E-state index contributed by atoms with van der Waals surface area (Å²) in [6.07, 6.45) is 2.50. The minimum Gasteiger partial charge on any atom is -0.356 e. The van der Waals surface area contributed by atoms with Crippen LogP contribution in [0.15, 0.2) is 24.3 Å². The Balaban J connectivity index is 1.69. The Morgan fingerprint density at radius 3 is 2.68 bits per heavy atom. The van der Waals surface area contributed by atoms with Crippen molar-refractivity contribution in [2.24, 2.45) is 0 Å². The normalized spacial score (nSPS) is 15.9. The molecule has 0 aliphatic carbocycles. The van der Waals surface area contributed by atoms with Gasteiger partial charge >= 0.3 is 0 Å². The number of carbonyl (C=O) groups is 1. The van der Waals surface area contributed by atoms with E-state index in [-0.39, 0.29) is 18.1 Å². The zero-order valence-electron chi connectivity index (χ0n) is 12.4. The lowest BCUT2D eigenvalue weighted by atomic mass is 10.1. The van der Waals surface area contributed by atoms with Gasteiger partial charge < -0.3 is 5.32 Å². The molecule has 1 fully saturated rings. The fourth-order valence-corrected chi connectivity index (χ4v) is 4.17. The Morgan fingerprint density at radius 2 is 2.00 bits per heavy atom. The molecule has 1 N–H and O–H groups in total. The maximum atomic E-state index is 12.0. The molecule has 7 heteroatoms. The Bertz CT molecular complexity index is 613. The van der Waals surface area contributed by atoms with Gasteiger partial charge in [0.1, 0.15) is 0 Å². The van der Waals surface area contributed by atoms with Crippen LogP contribution in [0.25, 0.3) is 0 Å². The zero-order chi connectivity index (χ0) is 16.0. The molecule has 0 bridgehead atoms. The maximum absolute atomic E-state index is 12.0. The molecule has 0 saturated carbocycles. The largest absolute Gasteiger partial charge is 0.356 e. The van der Waals surface area contributed by atoms with Gasteiger partial charge in [-0.05, 0) is 37.0 Å².